The second-order valence-electron chi connectivity index (χ2n) is 4.63. The van der Waals surface area contributed by atoms with Crippen molar-refractivity contribution < 1.29 is 9.84 Å². The summed E-state index contributed by atoms with van der Waals surface area (Å²) in [5, 5.41) is 10.1. The SMILES string of the molecule is CC(CO)SC1CCOC2(CCC2)C1. The van der Waals surface area contributed by atoms with Gasteiger partial charge >= 0.3 is 0 Å². The standard InChI is InChI=1S/C11H20O2S/c1-9(8-12)14-10-3-6-13-11(7-10)4-2-5-11/h9-10,12H,2-8H2,1H3. The molecule has 1 heterocycles. The zero-order valence-corrected chi connectivity index (χ0v) is 9.68. The third kappa shape index (κ3) is 2.26. The van der Waals surface area contributed by atoms with Crippen LogP contribution >= 0.6 is 11.8 Å². The normalized spacial score (nSPS) is 32.6. The molecule has 1 aliphatic carbocycles. The van der Waals surface area contributed by atoms with Crippen LogP contribution in [0.3, 0.4) is 0 Å². The maximum absolute atomic E-state index is 9.01. The Labute approximate surface area is 90.4 Å². The van der Waals surface area contributed by atoms with Crippen LogP contribution in [0.2, 0.25) is 0 Å². The second kappa shape index (κ2) is 4.42. The van der Waals surface area contributed by atoms with E-state index in [0.29, 0.717) is 17.1 Å². The van der Waals surface area contributed by atoms with E-state index in [1.807, 2.05) is 11.8 Å². The molecule has 0 amide bonds. The van der Waals surface area contributed by atoms with Gasteiger partial charge in [0.15, 0.2) is 0 Å². The Morgan fingerprint density at radius 3 is 2.93 bits per heavy atom. The van der Waals surface area contributed by atoms with E-state index in [1.54, 1.807) is 0 Å². The highest BCUT2D eigenvalue weighted by molar-refractivity contribution is 8.00. The molecule has 2 aliphatic rings. The van der Waals surface area contributed by atoms with Crippen LogP contribution in [-0.4, -0.2) is 34.4 Å². The van der Waals surface area contributed by atoms with E-state index < -0.39 is 0 Å². The molecule has 0 aromatic rings. The highest BCUT2D eigenvalue weighted by atomic mass is 32.2. The van der Waals surface area contributed by atoms with Crippen molar-refractivity contribution in [1.29, 1.82) is 0 Å². The van der Waals surface area contributed by atoms with Crippen molar-refractivity contribution in [2.24, 2.45) is 0 Å². The lowest BCUT2D eigenvalue weighted by molar-refractivity contribution is -0.125. The molecule has 2 unspecified atom stereocenters. The Kier molecular flexibility index (Phi) is 3.40. The predicted octanol–water partition coefficient (Wildman–Crippen LogP) is 2.20. The molecule has 0 aromatic heterocycles. The molecule has 2 nitrogen and oxygen atoms in total. The molecule has 1 N–H and O–H groups in total. The summed E-state index contributed by atoms with van der Waals surface area (Å²) in [6.07, 6.45) is 6.24. The topological polar surface area (TPSA) is 29.5 Å². The molecule has 2 atom stereocenters. The van der Waals surface area contributed by atoms with Gasteiger partial charge < -0.3 is 9.84 Å². The van der Waals surface area contributed by atoms with Crippen LogP contribution in [0.15, 0.2) is 0 Å². The fourth-order valence-electron chi connectivity index (χ4n) is 2.39. The van der Waals surface area contributed by atoms with Crippen LogP contribution in [0.25, 0.3) is 0 Å². The van der Waals surface area contributed by atoms with E-state index in [4.69, 9.17) is 9.84 Å². The molecule has 1 saturated heterocycles. The lowest BCUT2D eigenvalue weighted by atomic mass is 9.75. The number of thioether (sulfide) groups is 1. The van der Waals surface area contributed by atoms with Gasteiger partial charge in [-0.1, -0.05) is 6.92 Å². The van der Waals surface area contributed by atoms with Gasteiger partial charge in [0.2, 0.25) is 0 Å². The summed E-state index contributed by atoms with van der Waals surface area (Å²) in [6, 6.07) is 0. The Bertz CT molecular complexity index is 192. The van der Waals surface area contributed by atoms with Gasteiger partial charge in [-0.15, -0.1) is 0 Å². The zero-order chi connectivity index (χ0) is 10.0. The molecule has 3 heteroatoms. The van der Waals surface area contributed by atoms with Crippen LogP contribution in [-0.2, 0) is 4.74 Å². The van der Waals surface area contributed by atoms with Gasteiger partial charge in [-0.2, -0.15) is 11.8 Å². The van der Waals surface area contributed by atoms with Crippen molar-refractivity contribution in [3.8, 4) is 0 Å². The first-order chi connectivity index (χ1) is 6.74. The highest BCUT2D eigenvalue weighted by Gasteiger charge is 2.42. The lowest BCUT2D eigenvalue weighted by Gasteiger charge is -2.47. The van der Waals surface area contributed by atoms with E-state index in [2.05, 4.69) is 6.92 Å². The van der Waals surface area contributed by atoms with Crippen LogP contribution in [0.4, 0.5) is 0 Å². The van der Waals surface area contributed by atoms with Crippen molar-refractivity contribution in [2.45, 2.75) is 55.1 Å². The van der Waals surface area contributed by atoms with Crippen molar-refractivity contribution in [2.75, 3.05) is 13.2 Å². The summed E-state index contributed by atoms with van der Waals surface area (Å²) in [4.78, 5) is 0. The molecule has 2 rings (SSSR count). The molecule has 1 spiro atoms. The summed E-state index contributed by atoms with van der Waals surface area (Å²) in [6.45, 7) is 3.33. The fourth-order valence-corrected chi connectivity index (χ4v) is 3.77. The van der Waals surface area contributed by atoms with Gasteiger partial charge in [0, 0.05) is 17.1 Å². The molecule has 2 fully saturated rings. The summed E-state index contributed by atoms with van der Waals surface area (Å²) < 4.78 is 5.87. The fraction of sp³-hybridized carbons (Fsp3) is 1.00. The first-order valence-electron chi connectivity index (χ1n) is 5.64. The van der Waals surface area contributed by atoms with Crippen molar-refractivity contribution in [3.63, 3.8) is 0 Å². The van der Waals surface area contributed by atoms with Crippen LogP contribution in [0.5, 0.6) is 0 Å². The lowest BCUT2D eigenvalue weighted by Crippen LogP contribution is -2.46. The number of hydrogen-bond donors (Lipinski definition) is 1. The molecule has 0 bridgehead atoms. The Morgan fingerprint density at radius 1 is 1.57 bits per heavy atom. The number of rotatable bonds is 3. The third-order valence-electron chi connectivity index (χ3n) is 3.39. The van der Waals surface area contributed by atoms with Crippen molar-refractivity contribution in [1.82, 2.24) is 0 Å². The number of ether oxygens (including phenoxy) is 1. The van der Waals surface area contributed by atoms with E-state index in [9.17, 15) is 0 Å². The summed E-state index contributed by atoms with van der Waals surface area (Å²) in [5.74, 6) is 0. The Hall–Kier alpha value is 0.270. The molecule has 0 radical (unpaired) electrons. The third-order valence-corrected chi connectivity index (χ3v) is 4.80. The zero-order valence-electron chi connectivity index (χ0n) is 8.87. The van der Waals surface area contributed by atoms with E-state index in [-0.39, 0.29) is 5.60 Å². The summed E-state index contributed by atoms with van der Waals surface area (Å²) in [5.41, 5.74) is 0.255. The molecule has 1 saturated carbocycles. The first kappa shape index (κ1) is 10.8. The maximum Gasteiger partial charge on any atom is 0.0693 e. The first-order valence-corrected chi connectivity index (χ1v) is 6.59. The van der Waals surface area contributed by atoms with E-state index in [0.717, 1.165) is 13.0 Å². The quantitative estimate of drug-likeness (QED) is 0.784. The smallest absolute Gasteiger partial charge is 0.0693 e. The van der Waals surface area contributed by atoms with E-state index >= 15 is 0 Å². The monoisotopic (exact) mass is 216 g/mol. The number of aliphatic hydroxyl groups is 1. The summed E-state index contributed by atoms with van der Waals surface area (Å²) in [7, 11) is 0. The molecule has 0 aromatic carbocycles. The van der Waals surface area contributed by atoms with Crippen LogP contribution in [0.1, 0.15) is 39.0 Å². The molecular weight excluding hydrogens is 196 g/mol. The average molecular weight is 216 g/mol. The van der Waals surface area contributed by atoms with E-state index in [1.165, 1.54) is 25.7 Å². The largest absolute Gasteiger partial charge is 0.395 e. The van der Waals surface area contributed by atoms with Crippen molar-refractivity contribution >= 4 is 11.8 Å². The van der Waals surface area contributed by atoms with Gasteiger partial charge in [0.05, 0.1) is 12.2 Å². The van der Waals surface area contributed by atoms with Gasteiger partial charge in [0.1, 0.15) is 0 Å². The minimum Gasteiger partial charge on any atom is -0.395 e. The minimum absolute atomic E-state index is 0.255. The van der Waals surface area contributed by atoms with Crippen LogP contribution < -0.4 is 0 Å². The Balaban J connectivity index is 1.82. The van der Waals surface area contributed by atoms with Crippen LogP contribution in [0, 0.1) is 0 Å². The van der Waals surface area contributed by atoms with Gasteiger partial charge in [-0.05, 0) is 32.1 Å². The Morgan fingerprint density at radius 2 is 2.36 bits per heavy atom. The second-order valence-corrected chi connectivity index (χ2v) is 6.37. The maximum atomic E-state index is 9.01. The number of hydrogen-bond acceptors (Lipinski definition) is 3. The van der Waals surface area contributed by atoms with Crippen molar-refractivity contribution in [3.05, 3.63) is 0 Å². The van der Waals surface area contributed by atoms with Gasteiger partial charge in [0.25, 0.3) is 0 Å². The minimum atomic E-state index is 0.255. The molecule has 14 heavy (non-hydrogen) atoms. The summed E-state index contributed by atoms with van der Waals surface area (Å²) >= 11 is 1.94. The number of aliphatic hydroxyl groups excluding tert-OH is 1. The highest BCUT2D eigenvalue weighted by Crippen LogP contribution is 2.45. The molecular formula is C11H20O2S. The predicted molar refractivity (Wildman–Crippen MR) is 59.7 cm³/mol. The van der Waals surface area contributed by atoms with Gasteiger partial charge in [-0.3, -0.25) is 0 Å². The molecule has 82 valence electrons. The average Bonchev–Trinajstić information content (AvgIpc) is 2.16. The molecule has 1 aliphatic heterocycles. The van der Waals surface area contributed by atoms with Gasteiger partial charge in [-0.25, -0.2) is 0 Å².